The average Bonchev–Trinajstić information content (AvgIpc) is 2.70. The van der Waals surface area contributed by atoms with Gasteiger partial charge in [0.15, 0.2) is 0 Å². The van der Waals surface area contributed by atoms with Gasteiger partial charge in [-0.05, 0) is 37.0 Å². The molecule has 1 saturated heterocycles. The lowest BCUT2D eigenvalue weighted by Gasteiger charge is -2.32. The van der Waals surface area contributed by atoms with Crippen molar-refractivity contribution in [2.75, 3.05) is 31.6 Å². The van der Waals surface area contributed by atoms with Crippen molar-refractivity contribution in [1.82, 2.24) is 15.1 Å². The van der Waals surface area contributed by atoms with Crippen molar-refractivity contribution in [1.29, 1.82) is 0 Å². The molecule has 0 bridgehead atoms. The zero-order valence-corrected chi connectivity index (χ0v) is 15.9. The van der Waals surface area contributed by atoms with Crippen molar-refractivity contribution in [3.05, 3.63) is 52.3 Å². The number of rotatable bonds is 6. The normalized spacial score (nSPS) is 16.8. The second-order valence-electron chi connectivity index (χ2n) is 6.79. The number of hydrogen-bond acceptors (Lipinski definition) is 5. The summed E-state index contributed by atoms with van der Waals surface area (Å²) >= 11 is 0. The number of nitrogens with one attached hydrogen (secondary N) is 1. The molecule has 1 aliphatic rings. The van der Waals surface area contributed by atoms with Gasteiger partial charge >= 0.3 is 0 Å². The molecule has 3 rings (SSSR count). The Hall–Kier alpha value is -2.83. The lowest BCUT2D eigenvalue weighted by molar-refractivity contribution is -0.125. The minimum atomic E-state index is -0.138. The third-order valence-electron chi connectivity index (χ3n) is 4.95. The molecular formula is C20H26N4O3. The van der Waals surface area contributed by atoms with Gasteiger partial charge in [-0.25, -0.2) is 4.68 Å². The summed E-state index contributed by atoms with van der Waals surface area (Å²) in [6.07, 6.45) is 2.52. The van der Waals surface area contributed by atoms with E-state index in [4.69, 9.17) is 4.74 Å². The van der Waals surface area contributed by atoms with Gasteiger partial charge in [0, 0.05) is 32.7 Å². The maximum absolute atomic E-state index is 12.6. The summed E-state index contributed by atoms with van der Waals surface area (Å²) in [5.74, 6) is 1.58. The number of hydrogen-bond donors (Lipinski definition) is 1. The van der Waals surface area contributed by atoms with Crippen molar-refractivity contribution in [3.63, 3.8) is 0 Å². The van der Waals surface area contributed by atoms with Crippen molar-refractivity contribution in [2.45, 2.75) is 19.3 Å². The predicted octanol–water partition coefficient (Wildman–Crippen LogP) is 1.36. The van der Waals surface area contributed by atoms with Gasteiger partial charge in [0.1, 0.15) is 11.6 Å². The van der Waals surface area contributed by atoms with E-state index in [1.54, 1.807) is 20.2 Å². The van der Waals surface area contributed by atoms with Crippen LogP contribution in [0.4, 0.5) is 5.82 Å². The van der Waals surface area contributed by atoms with Gasteiger partial charge < -0.3 is 15.0 Å². The fourth-order valence-corrected chi connectivity index (χ4v) is 3.43. The van der Waals surface area contributed by atoms with E-state index in [0.29, 0.717) is 13.1 Å². The van der Waals surface area contributed by atoms with Gasteiger partial charge in [0.2, 0.25) is 5.91 Å². The van der Waals surface area contributed by atoms with Gasteiger partial charge in [-0.15, -0.1) is 0 Å². The standard InChI is InChI=1S/C20H26N4O3/c1-23-19(25)10-9-18(22-23)24-13-5-7-16(14-24)20(26)21-12-11-15-6-3-4-8-17(15)27-2/h3-4,6,8-10,16H,5,7,11-14H2,1-2H3,(H,21,26)/t16-/m0/s1. The van der Waals surface area contributed by atoms with E-state index in [-0.39, 0.29) is 17.4 Å². The summed E-state index contributed by atoms with van der Waals surface area (Å²) in [5.41, 5.74) is 0.946. The minimum absolute atomic E-state index is 0.0689. The molecule has 27 heavy (non-hydrogen) atoms. The number of carbonyl (C=O) groups is 1. The molecule has 7 heteroatoms. The van der Waals surface area contributed by atoms with Crippen molar-refractivity contribution in [2.24, 2.45) is 13.0 Å². The first-order valence-electron chi connectivity index (χ1n) is 9.27. The number of aryl methyl sites for hydroxylation is 1. The van der Waals surface area contributed by atoms with Gasteiger partial charge in [0.05, 0.1) is 13.0 Å². The number of anilines is 1. The zero-order valence-electron chi connectivity index (χ0n) is 15.9. The number of nitrogens with zero attached hydrogens (tertiary/aromatic N) is 3. The molecule has 0 radical (unpaired) electrons. The summed E-state index contributed by atoms with van der Waals surface area (Å²) in [6, 6.07) is 11.1. The molecule has 0 spiro atoms. The van der Waals surface area contributed by atoms with Crippen LogP contribution in [0, 0.1) is 5.92 Å². The molecule has 1 atom stereocenters. The van der Waals surface area contributed by atoms with Gasteiger partial charge in [-0.3, -0.25) is 9.59 Å². The van der Waals surface area contributed by atoms with E-state index in [1.165, 1.54) is 10.7 Å². The average molecular weight is 370 g/mol. The highest BCUT2D eigenvalue weighted by Crippen LogP contribution is 2.21. The highest BCUT2D eigenvalue weighted by Gasteiger charge is 2.26. The predicted molar refractivity (Wildman–Crippen MR) is 104 cm³/mol. The number of ether oxygens (including phenoxy) is 1. The smallest absolute Gasteiger partial charge is 0.266 e. The molecule has 1 aromatic heterocycles. The molecule has 1 aromatic carbocycles. The van der Waals surface area contributed by atoms with E-state index in [2.05, 4.69) is 15.3 Å². The molecule has 2 aromatic rings. The van der Waals surface area contributed by atoms with Crippen LogP contribution in [-0.4, -0.2) is 42.4 Å². The highest BCUT2D eigenvalue weighted by atomic mass is 16.5. The molecule has 0 aliphatic carbocycles. The Bertz CT molecular complexity index is 849. The molecule has 7 nitrogen and oxygen atoms in total. The Balaban J connectivity index is 1.55. The molecule has 1 fully saturated rings. The minimum Gasteiger partial charge on any atom is -0.496 e. The Kier molecular flexibility index (Phi) is 6.11. The molecule has 1 aliphatic heterocycles. The van der Waals surface area contributed by atoms with Crippen LogP contribution >= 0.6 is 0 Å². The number of para-hydroxylation sites is 1. The molecular weight excluding hydrogens is 344 g/mol. The molecule has 0 saturated carbocycles. The summed E-state index contributed by atoms with van der Waals surface area (Å²) < 4.78 is 6.68. The van der Waals surface area contributed by atoms with E-state index in [9.17, 15) is 9.59 Å². The lowest BCUT2D eigenvalue weighted by atomic mass is 9.97. The van der Waals surface area contributed by atoms with Crippen LogP contribution in [0.3, 0.4) is 0 Å². The quantitative estimate of drug-likeness (QED) is 0.831. The third-order valence-corrected chi connectivity index (χ3v) is 4.95. The Labute approximate surface area is 158 Å². The number of carbonyl (C=O) groups excluding carboxylic acids is 1. The van der Waals surface area contributed by atoms with Crippen LogP contribution in [0.25, 0.3) is 0 Å². The molecule has 144 valence electrons. The first-order valence-corrected chi connectivity index (χ1v) is 9.27. The number of piperidine rings is 1. The maximum Gasteiger partial charge on any atom is 0.266 e. The topological polar surface area (TPSA) is 76.5 Å². The second-order valence-corrected chi connectivity index (χ2v) is 6.79. The fourth-order valence-electron chi connectivity index (χ4n) is 3.43. The highest BCUT2D eigenvalue weighted by molar-refractivity contribution is 5.79. The van der Waals surface area contributed by atoms with Crippen molar-refractivity contribution < 1.29 is 9.53 Å². The summed E-state index contributed by atoms with van der Waals surface area (Å²) in [4.78, 5) is 26.2. The Morgan fingerprint density at radius 2 is 2.11 bits per heavy atom. The van der Waals surface area contributed by atoms with Crippen LogP contribution in [0.2, 0.25) is 0 Å². The van der Waals surface area contributed by atoms with Gasteiger partial charge in [0.25, 0.3) is 5.56 Å². The van der Waals surface area contributed by atoms with E-state index in [1.807, 2.05) is 24.3 Å². The van der Waals surface area contributed by atoms with Crippen LogP contribution < -0.4 is 20.5 Å². The van der Waals surface area contributed by atoms with Crippen LogP contribution in [0.5, 0.6) is 5.75 Å². The molecule has 0 unspecified atom stereocenters. The van der Waals surface area contributed by atoms with E-state index < -0.39 is 0 Å². The summed E-state index contributed by atoms with van der Waals surface area (Å²) in [7, 11) is 3.29. The van der Waals surface area contributed by atoms with Crippen molar-refractivity contribution in [3.8, 4) is 5.75 Å². The number of benzene rings is 1. The zero-order chi connectivity index (χ0) is 19.2. The Morgan fingerprint density at radius 3 is 2.89 bits per heavy atom. The Morgan fingerprint density at radius 1 is 1.30 bits per heavy atom. The third kappa shape index (κ3) is 4.67. The molecule has 2 heterocycles. The largest absolute Gasteiger partial charge is 0.496 e. The number of aromatic nitrogens is 2. The van der Waals surface area contributed by atoms with Crippen LogP contribution in [0.1, 0.15) is 18.4 Å². The van der Waals surface area contributed by atoms with Crippen molar-refractivity contribution >= 4 is 11.7 Å². The van der Waals surface area contributed by atoms with Gasteiger partial charge in [-0.2, -0.15) is 5.10 Å². The van der Waals surface area contributed by atoms with Gasteiger partial charge in [-0.1, -0.05) is 18.2 Å². The first kappa shape index (κ1) is 18.9. The monoisotopic (exact) mass is 370 g/mol. The summed E-state index contributed by atoms with van der Waals surface area (Å²) in [6.45, 7) is 2.04. The number of methoxy groups -OCH3 is 1. The SMILES string of the molecule is COc1ccccc1CCNC(=O)[C@H]1CCCN(c2ccc(=O)n(C)n2)C1. The summed E-state index contributed by atoms with van der Waals surface area (Å²) in [5, 5.41) is 7.34. The maximum atomic E-state index is 12.6. The first-order chi connectivity index (χ1) is 13.1. The molecule has 1 N–H and O–H groups in total. The lowest BCUT2D eigenvalue weighted by Crippen LogP contribution is -2.44. The second kappa shape index (κ2) is 8.70. The fraction of sp³-hybridized carbons (Fsp3) is 0.450. The van der Waals surface area contributed by atoms with Crippen LogP contribution in [-0.2, 0) is 18.3 Å². The molecule has 1 amide bonds. The number of amides is 1. The van der Waals surface area contributed by atoms with Crippen LogP contribution in [0.15, 0.2) is 41.2 Å². The van der Waals surface area contributed by atoms with E-state index >= 15 is 0 Å². The van der Waals surface area contributed by atoms with E-state index in [0.717, 1.165) is 42.9 Å².